The molecule has 0 aromatic heterocycles. The van der Waals surface area contributed by atoms with E-state index in [-0.39, 0.29) is 26.2 Å². The number of rotatable bonds is 0. The van der Waals surface area contributed by atoms with Crippen LogP contribution in [0.1, 0.15) is 0 Å². The number of hydrogen-bond donors (Lipinski definition) is 2. The van der Waals surface area contributed by atoms with Crippen molar-refractivity contribution < 1.29 is 36.4 Å². The van der Waals surface area contributed by atoms with Gasteiger partial charge in [-0.3, -0.25) is 0 Å². The molecule has 0 atom stereocenters. The van der Waals surface area contributed by atoms with Gasteiger partial charge in [-0.05, 0) is 69.4 Å². The second-order valence-corrected chi connectivity index (χ2v) is 5.23. The molecule has 0 aliphatic heterocycles. The van der Waals surface area contributed by atoms with Gasteiger partial charge in [-0.2, -0.15) is 0 Å². The quantitative estimate of drug-likeness (QED) is 0.506. The minimum absolute atomic E-state index is 0. The van der Waals surface area contributed by atoms with Crippen molar-refractivity contribution in [3.8, 4) is 11.5 Å². The Hall–Kier alpha value is 0.383. The van der Waals surface area contributed by atoms with Gasteiger partial charge >= 0.3 is 0 Å². The molecule has 0 aliphatic carbocycles. The first kappa shape index (κ1) is 17.4. The Balaban J connectivity index is 0.000000284. The van der Waals surface area contributed by atoms with Gasteiger partial charge in [0.15, 0.2) is 0 Å². The SMILES string of the molecule is Oc1ccccc1I.Oc1ccccc1I.[Zr]. The van der Waals surface area contributed by atoms with Crippen LogP contribution in [0.5, 0.6) is 11.5 Å². The maximum Gasteiger partial charge on any atom is 0.128 e. The molecule has 0 heterocycles. The van der Waals surface area contributed by atoms with E-state index in [0.717, 1.165) is 7.14 Å². The van der Waals surface area contributed by atoms with Crippen LogP contribution in [0, 0.1) is 7.14 Å². The molecule has 0 fully saturated rings. The third kappa shape index (κ3) is 6.76. The Morgan fingerprint density at radius 3 is 1.12 bits per heavy atom. The van der Waals surface area contributed by atoms with Gasteiger partial charge in [0.1, 0.15) is 11.5 Å². The van der Waals surface area contributed by atoms with Crippen molar-refractivity contribution in [3.63, 3.8) is 0 Å². The summed E-state index contributed by atoms with van der Waals surface area (Å²) < 4.78 is 1.79. The van der Waals surface area contributed by atoms with Crippen molar-refractivity contribution in [2.24, 2.45) is 0 Å². The number of halogens is 2. The summed E-state index contributed by atoms with van der Waals surface area (Å²) in [7, 11) is 0. The largest absolute Gasteiger partial charge is 0.507 e. The van der Waals surface area contributed by atoms with Crippen LogP contribution in [0.15, 0.2) is 48.5 Å². The van der Waals surface area contributed by atoms with Crippen LogP contribution in [0.4, 0.5) is 0 Å². The van der Waals surface area contributed by atoms with Crippen LogP contribution in [0.2, 0.25) is 0 Å². The van der Waals surface area contributed by atoms with E-state index in [1.807, 2.05) is 24.3 Å². The standard InChI is InChI=1S/2C6H5IO.Zr/c2*7-5-3-1-2-4-6(5)8;/h2*1-4,8H;. The third-order valence-corrected chi connectivity index (χ3v) is 3.53. The zero-order chi connectivity index (χ0) is 12.0. The van der Waals surface area contributed by atoms with Crippen LogP contribution in [-0.2, 0) is 26.2 Å². The van der Waals surface area contributed by atoms with Gasteiger partial charge in [-0.25, -0.2) is 0 Å². The molecule has 0 radical (unpaired) electrons. The smallest absolute Gasteiger partial charge is 0.128 e. The number of aromatic hydroxyl groups is 2. The van der Waals surface area contributed by atoms with Crippen LogP contribution in [0.25, 0.3) is 0 Å². The van der Waals surface area contributed by atoms with E-state index in [0.29, 0.717) is 11.5 Å². The van der Waals surface area contributed by atoms with Crippen LogP contribution < -0.4 is 0 Å². The van der Waals surface area contributed by atoms with E-state index in [4.69, 9.17) is 10.2 Å². The average molecular weight is 531 g/mol. The predicted octanol–water partition coefficient (Wildman–Crippen LogP) is 3.99. The fourth-order valence-electron chi connectivity index (χ4n) is 0.903. The molecule has 2 N–H and O–H groups in total. The summed E-state index contributed by atoms with van der Waals surface area (Å²) in [5.74, 6) is 0.709. The fourth-order valence-corrected chi connectivity index (χ4v) is 1.68. The Morgan fingerprint density at radius 1 is 0.647 bits per heavy atom. The first-order valence-corrected chi connectivity index (χ1v) is 6.64. The van der Waals surface area contributed by atoms with E-state index >= 15 is 0 Å². The van der Waals surface area contributed by atoms with E-state index in [2.05, 4.69) is 45.2 Å². The summed E-state index contributed by atoms with van der Waals surface area (Å²) in [6.45, 7) is 0. The molecule has 0 saturated heterocycles. The summed E-state index contributed by atoms with van der Waals surface area (Å²) in [6.07, 6.45) is 0. The second kappa shape index (κ2) is 9.33. The molecule has 2 aromatic rings. The Morgan fingerprint density at radius 2 is 0.941 bits per heavy atom. The molecule has 5 heteroatoms. The van der Waals surface area contributed by atoms with Crippen LogP contribution in [-0.4, -0.2) is 10.2 Å². The van der Waals surface area contributed by atoms with Gasteiger partial charge in [0.05, 0.1) is 7.14 Å². The number of hydrogen-bond acceptors (Lipinski definition) is 2. The normalized spacial score (nSPS) is 8.59. The molecule has 0 bridgehead atoms. The van der Waals surface area contributed by atoms with Crippen molar-refractivity contribution in [2.75, 3.05) is 0 Å². The fraction of sp³-hybridized carbons (Fsp3) is 0. The Labute approximate surface area is 147 Å². The molecular weight excluding hydrogens is 521 g/mol. The molecule has 0 aliphatic rings. The zero-order valence-electron chi connectivity index (χ0n) is 8.77. The van der Waals surface area contributed by atoms with E-state index < -0.39 is 0 Å². The molecule has 17 heavy (non-hydrogen) atoms. The van der Waals surface area contributed by atoms with E-state index in [1.165, 1.54) is 0 Å². The minimum atomic E-state index is 0. The minimum Gasteiger partial charge on any atom is -0.507 e. The van der Waals surface area contributed by atoms with Crippen molar-refractivity contribution >= 4 is 45.2 Å². The number of para-hydroxylation sites is 2. The molecule has 0 amide bonds. The molecule has 2 rings (SSSR count). The Kier molecular flexibility index (Phi) is 9.54. The topological polar surface area (TPSA) is 40.5 Å². The Bertz CT molecular complexity index is 378. The maximum atomic E-state index is 8.91. The van der Waals surface area contributed by atoms with Gasteiger partial charge in [-0.15, -0.1) is 0 Å². The number of phenols is 2. The van der Waals surface area contributed by atoms with Crippen LogP contribution in [0.3, 0.4) is 0 Å². The monoisotopic (exact) mass is 530 g/mol. The summed E-state index contributed by atoms with van der Waals surface area (Å²) in [5.41, 5.74) is 0. The van der Waals surface area contributed by atoms with Crippen molar-refractivity contribution in [3.05, 3.63) is 55.7 Å². The number of phenolic OH excluding ortho intramolecular Hbond substituents is 2. The molecule has 0 spiro atoms. The zero-order valence-corrected chi connectivity index (χ0v) is 15.5. The van der Waals surface area contributed by atoms with Gasteiger partial charge < -0.3 is 10.2 Å². The molecule has 88 valence electrons. The van der Waals surface area contributed by atoms with Gasteiger partial charge in [-0.1, -0.05) is 24.3 Å². The van der Waals surface area contributed by atoms with Crippen LogP contribution >= 0.6 is 45.2 Å². The van der Waals surface area contributed by atoms with Gasteiger partial charge in [0.2, 0.25) is 0 Å². The molecule has 0 unspecified atom stereocenters. The molecular formula is C12H10I2O2Zr. The first-order valence-electron chi connectivity index (χ1n) is 4.48. The summed E-state index contributed by atoms with van der Waals surface area (Å²) >= 11 is 4.15. The number of benzene rings is 2. The summed E-state index contributed by atoms with van der Waals surface area (Å²) in [5, 5.41) is 17.8. The van der Waals surface area contributed by atoms with E-state index in [9.17, 15) is 0 Å². The van der Waals surface area contributed by atoms with Crippen molar-refractivity contribution in [1.82, 2.24) is 0 Å². The average Bonchev–Trinajstić information content (AvgIpc) is 2.28. The maximum absolute atomic E-state index is 8.91. The first-order chi connectivity index (χ1) is 7.61. The molecule has 0 saturated carbocycles. The second-order valence-electron chi connectivity index (χ2n) is 2.90. The molecule has 2 aromatic carbocycles. The van der Waals surface area contributed by atoms with Crippen molar-refractivity contribution in [2.45, 2.75) is 0 Å². The van der Waals surface area contributed by atoms with E-state index in [1.54, 1.807) is 24.3 Å². The predicted molar refractivity (Wildman–Crippen MR) is 81.6 cm³/mol. The summed E-state index contributed by atoms with van der Waals surface area (Å²) in [6, 6.07) is 14.4. The third-order valence-electron chi connectivity index (χ3n) is 1.70. The van der Waals surface area contributed by atoms with Gasteiger partial charge in [0.25, 0.3) is 0 Å². The van der Waals surface area contributed by atoms with Crippen molar-refractivity contribution in [1.29, 1.82) is 0 Å². The summed E-state index contributed by atoms with van der Waals surface area (Å²) in [4.78, 5) is 0. The van der Waals surface area contributed by atoms with Gasteiger partial charge in [0, 0.05) is 26.2 Å². The molecule has 2 nitrogen and oxygen atoms in total.